The number of ether oxygens (including phenoxy) is 1. The molecule has 0 spiro atoms. The van der Waals surface area contributed by atoms with Gasteiger partial charge in [0, 0.05) is 12.8 Å². The van der Waals surface area contributed by atoms with Gasteiger partial charge in [0.05, 0.1) is 33.8 Å². The summed E-state index contributed by atoms with van der Waals surface area (Å²) in [5.41, 5.74) is 0. The molecule has 1 N–H and O–H groups in total. The van der Waals surface area contributed by atoms with Gasteiger partial charge in [-0.15, -0.1) is 0 Å². The molecule has 9 nitrogen and oxygen atoms in total. The number of unbranched alkanes of at least 4 members (excludes halogenated alkanes) is 24. The number of amides is 1. The Morgan fingerprint density at radius 2 is 0.774 bits per heavy atom. The van der Waals surface area contributed by atoms with E-state index in [2.05, 4.69) is 135 Å². The van der Waals surface area contributed by atoms with Crippen molar-refractivity contribution in [1.82, 2.24) is 5.32 Å². The van der Waals surface area contributed by atoms with Crippen LogP contribution < -0.4 is 10.2 Å². The summed E-state index contributed by atoms with van der Waals surface area (Å²) in [6, 6.07) is -0.940. The van der Waals surface area contributed by atoms with Crippen LogP contribution in [-0.4, -0.2) is 69.4 Å². The number of phosphoric acid groups is 1. The monoisotopic (exact) mass is 1190 g/mol. The Kier molecular flexibility index (Phi) is 59.4. The molecule has 1 amide bonds. The fourth-order valence-electron chi connectivity index (χ4n) is 9.12. The van der Waals surface area contributed by atoms with Gasteiger partial charge in [-0.3, -0.25) is 14.2 Å². The number of nitrogens with one attached hydrogen (secondary N) is 1. The first kappa shape index (κ1) is 80.2. The van der Waals surface area contributed by atoms with Gasteiger partial charge in [-0.25, -0.2) is 0 Å². The van der Waals surface area contributed by atoms with Gasteiger partial charge in [0.1, 0.15) is 19.3 Å². The fourth-order valence-corrected chi connectivity index (χ4v) is 9.84. The van der Waals surface area contributed by atoms with E-state index in [0.717, 1.165) is 103 Å². The summed E-state index contributed by atoms with van der Waals surface area (Å²) in [4.78, 5) is 40.1. The van der Waals surface area contributed by atoms with Crippen molar-refractivity contribution in [2.75, 3.05) is 40.9 Å². The predicted molar refractivity (Wildman–Crippen MR) is 362 cm³/mol. The van der Waals surface area contributed by atoms with Crippen LogP contribution in [0.5, 0.6) is 0 Å². The molecule has 0 aliphatic heterocycles. The molecule has 0 aromatic heterocycles. The molecule has 0 saturated carbocycles. The second kappa shape index (κ2) is 62.2. The molecular weight excluding hydrogens is 1060 g/mol. The summed E-state index contributed by atoms with van der Waals surface area (Å²) in [6.07, 6.45) is 88.8. The molecule has 0 aliphatic carbocycles. The SMILES string of the molecule is CC/C=C\C/C=C\C/C=C\C/C=C\C/C=C\C/C=C\CCC(=O)NC(COP(=O)([O-])OCC[N+](C)(C)C)C(/C=C\CCCCCCCCCCCC)OC(=O)CCCCCCCCCCCCC/C=C\C/C=C\C/C=C\C/C=C\CCCCC. The third-order valence-corrected chi connectivity index (χ3v) is 15.3. The van der Waals surface area contributed by atoms with Crippen molar-refractivity contribution in [2.24, 2.45) is 0 Å². The number of quaternary nitrogens is 1. The first-order valence-corrected chi connectivity index (χ1v) is 35.5. The van der Waals surface area contributed by atoms with Gasteiger partial charge in [0.25, 0.3) is 7.82 Å². The number of rotatable bonds is 60. The Morgan fingerprint density at radius 3 is 1.19 bits per heavy atom. The van der Waals surface area contributed by atoms with E-state index in [1.165, 1.54) is 122 Å². The van der Waals surface area contributed by atoms with E-state index in [1.54, 1.807) is 0 Å². The number of esters is 1. The van der Waals surface area contributed by atoms with Gasteiger partial charge in [-0.2, -0.15) is 0 Å². The minimum Gasteiger partial charge on any atom is -0.756 e. The Bertz CT molecular complexity index is 1900. The van der Waals surface area contributed by atoms with Gasteiger partial charge in [0.2, 0.25) is 5.91 Å². The molecule has 0 aliphatic rings. The van der Waals surface area contributed by atoms with E-state index >= 15 is 0 Å². The molecule has 0 heterocycles. The van der Waals surface area contributed by atoms with Crippen LogP contribution in [-0.2, 0) is 27.9 Å². The van der Waals surface area contributed by atoms with Crippen molar-refractivity contribution in [3.8, 4) is 0 Å². The van der Waals surface area contributed by atoms with Crippen molar-refractivity contribution in [2.45, 2.75) is 283 Å². The third kappa shape index (κ3) is 62.7. The summed E-state index contributed by atoms with van der Waals surface area (Å²) in [5, 5.41) is 2.98. The third-order valence-electron chi connectivity index (χ3n) is 14.3. The average molecular weight is 1190 g/mol. The molecule has 3 atom stereocenters. The Hall–Kier alpha value is -3.85. The number of hydrogen-bond donors (Lipinski definition) is 1. The number of hydrogen-bond acceptors (Lipinski definition) is 7. The highest BCUT2D eigenvalue weighted by Crippen LogP contribution is 2.38. The maximum absolute atomic E-state index is 13.5. The Labute approximate surface area is 517 Å². The second-order valence-corrected chi connectivity index (χ2v) is 25.0. The Balaban J connectivity index is 5.20. The van der Waals surface area contributed by atoms with Gasteiger partial charge >= 0.3 is 5.97 Å². The zero-order valence-electron chi connectivity index (χ0n) is 54.8. The quantitative estimate of drug-likeness (QED) is 0.0212. The molecule has 0 aromatic carbocycles. The van der Waals surface area contributed by atoms with E-state index in [-0.39, 0.29) is 31.3 Å². The van der Waals surface area contributed by atoms with Crippen LogP contribution in [0.2, 0.25) is 0 Å². The lowest BCUT2D eigenvalue weighted by Gasteiger charge is -2.30. The van der Waals surface area contributed by atoms with Crippen molar-refractivity contribution < 1.29 is 37.3 Å². The minimum absolute atomic E-state index is 0.0429. The number of likely N-dealkylation sites (N-methyl/N-ethyl adjacent to an activating group) is 1. The summed E-state index contributed by atoms with van der Waals surface area (Å²) in [7, 11) is 1.12. The number of carbonyl (C=O) groups excluding carboxylic acids is 2. The normalized spacial score (nSPS) is 14.4. The van der Waals surface area contributed by atoms with Crippen LogP contribution in [0.1, 0.15) is 271 Å². The molecule has 0 fully saturated rings. The number of phosphoric ester groups is 1. The lowest BCUT2D eigenvalue weighted by Crippen LogP contribution is -2.47. The zero-order chi connectivity index (χ0) is 61.4. The topological polar surface area (TPSA) is 114 Å². The van der Waals surface area contributed by atoms with Crippen LogP contribution in [0.15, 0.2) is 134 Å². The van der Waals surface area contributed by atoms with Crippen LogP contribution in [0.25, 0.3) is 0 Å². The summed E-state index contributed by atoms with van der Waals surface area (Å²) in [6.45, 7) is 6.63. The van der Waals surface area contributed by atoms with Gasteiger partial charge in [-0.1, -0.05) is 277 Å². The van der Waals surface area contributed by atoms with Crippen molar-refractivity contribution >= 4 is 19.7 Å². The second-order valence-electron chi connectivity index (χ2n) is 23.6. The van der Waals surface area contributed by atoms with Gasteiger partial charge in [-0.05, 0) is 115 Å². The maximum Gasteiger partial charge on any atom is 0.306 e. The largest absolute Gasteiger partial charge is 0.756 e. The van der Waals surface area contributed by atoms with Crippen molar-refractivity contribution in [3.63, 3.8) is 0 Å². The lowest BCUT2D eigenvalue weighted by atomic mass is 10.0. The molecular formula is C74H127N2O7P. The van der Waals surface area contributed by atoms with E-state index in [4.69, 9.17) is 13.8 Å². The highest BCUT2D eigenvalue weighted by atomic mass is 31.2. The first-order valence-electron chi connectivity index (χ1n) is 34.0. The molecule has 0 aromatic rings. The van der Waals surface area contributed by atoms with Gasteiger partial charge < -0.3 is 28.5 Å². The summed E-state index contributed by atoms with van der Waals surface area (Å²) in [5.74, 6) is -0.648. The molecule has 84 heavy (non-hydrogen) atoms. The first-order chi connectivity index (χ1) is 40.9. The predicted octanol–water partition coefficient (Wildman–Crippen LogP) is 21.0. The molecule has 0 radical (unpaired) electrons. The van der Waals surface area contributed by atoms with Crippen LogP contribution >= 0.6 is 7.82 Å². The highest BCUT2D eigenvalue weighted by molar-refractivity contribution is 7.45. The summed E-state index contributed by atoms with van der Waals surface area (Å²) < 4.78 is 30.3. The summed E-state index contributed by atoms with van der Waals surface area (Å²) >= 11 is 0. The van der Waals surface area contributed by atoms with Crippen LogP contribution in [0.4, 0.5) is 0 Å². The molecule has 0 bridgehead atoms. The number of allylic oxidation sites excluding steroid dienone is 21. The van der Waals surface area contributed by atoms with Gasteiger partial charge in [0.15, 0.2) is 0 Å². The fraction of sp³-hybridized carbons (Fsp3) is 0.676. The Morgan fingerprint density at radius 1 is 0.429 bits per heavy atom. The number of nitrogens with zero attached hydrogens (tertiary/aromatic N) is 1. The van der Waals surface area contributed by atoms with E-state index < -0.39 is 26.6 Å². The van der Waals surface area contributed by atoms with E-state index in [1.807, 2.05) is 45.4 Å². The number of carbonyl (C=O) groups is 2. The van der Waals surface area contributed by atoms with Crippen molar-refractivity contribution in [3.05, 3.63) is 134 Å². The van der Waals surface area contributed by atoms with Crippen LogP contribution in [0.3, 0.4) is 0 Å². The maximum atomic E-state index is 13.5. The minimum atomic E-state index is -4.73. The highest BCUT2D eigenvalue weighted by Gasteiger charge is 2.27. The smallest absolute Gasteiger partial charge is 0.306 e. The molecule has 480 valence electrons. The standard InChI is InChI=1S/C74H127N2O7P/c1-7-10-13-16-19-22-25-28-30-32-34-35-36-37-38-39-40-41-43-45-47-49-52-55-58-61-64-67-74(78)83-72(65-62-59-56-53-50-27-24-21-18-15-12-9-3)71(70-82-84(79,80)81-69-68-76(4,5)6)75-73(77)66-63-60-57-54-51-48-46-44-42-33-31-29-26-23-20-17-14-11-8-2/h11,14,19-20,22-23,28-31,34-35,37-38,42,44,48,51,57,60,62,65,71-72H,7-10,12-13,15-18,21,24-27,32-33,36,39-41,43,45-47,49-50,52-56,58-59,61,63-64,66-70H2,1-6H3,(H-,75,77,79,80)/b14-11-,22-19-,23-20-,30-28-,31-29-,35-34-,38-37-,44-42-,51-48-,60-57-,65-62-. The molecule has 10 heteroatoms. The lowest BCUT2D eigenvalue weighted by molar-refractivity contribution is -0.870. The molecule has 0 rings (SSSR count). The molecule has 3 unspecified atom stereocenters. The average Bonchev–Trinajstić information content (AvgIpc) is 3.64. The molecule has 0 saturated heterocycles. The van der Waals surface area contributed by atoms with Crippen LogP contribution in [0, 0.1) is 0 Å². The zero-order valence-corrected chi connectivity index (χ0v) is 55.7. The van der Waals surface area contributed by atoms with E-state index in [0.29, 0.717) is 23.9 Å². The van der Waals surface area contributed by atoms with Crippen molar-refractivity contribution in [1.29, 1.82) is 0 Å². The van der Waals surface area contributed by atoms with E-state index in [9.17, 15) is 19.0 Å².